The Morgan fingerprint density at radius 1 is 1.65 bits per heavy atom. The fourth-order valence-corrected chi connectivity index (χ4v) is 2.17. The van der Waals surface area contributed by atoms with Crippen molar-refractivity contribution < 1.29 is 4.74 Å². The van der Waals surface area contributed by atoms with E-state index >= 15 is 0 Å². The van der Waals surface area contributed by atoms with Crippen LogP contribution in [0.4, 0.5) is 0 Å². The lowest BCUT2D eigenvalue weighted by Gasteiger charge is -2.20. The summed E-state index contributed by atoms with van der Waals surface area (Å²) >= 11 is 0. The van der Waals surface area contributed by atoms with E-state index in [0.717, 1.165) is 30.1 Å². The molecule has 0 aliphatic carbocycles. The summed E-state index contributed by atoms with van der Waals surface area (Å²) in [5.74, 6) is 1.34. The molecule has 2 unspecified atom stereocenters. The van der Waals surface area contributed by atoms with Gasteiger partial charge in [0.15, 0.2) is 0 Å². The Labute approximate surface area is 103 Å². The molecule has 3 nitrogen and oxygen atoms in total. The summed E-state index contributed by atoms with van der Waals surface area (Å²) in [5, 5.41) is 3.36. The number of ether oxygens (including phenoxy) is 1. The molecule has 0 radical (unpaired) electrons. The molecule has 1 aliphatic heterocycles. The molecule has 2 heterocycles. The number of pyridine rings is 1. The summed E-state index contributed by atoms with van der Waals surface area (Å²) in [6, 6.07) is 2.05. The molecular formula is C14H20N2O. The number of nitrogens with zero attached hydrogens (tertiary/aromatic N) is 1. The predicted molar refractivity (Wildman–Crippen MR) is 70.1 cm³/mol. The molecule has 1 aromatic rings. The summed E-state index contributed by atoms with van der Waals surface area (Å²) < 4.78 is 5.94. The van der Waals surface area contributed by atoms with Crippen LogP contribution in [0.1, 0.15) is 24.5 Å². The van der Waals surface area contributed by atoms with Gasteiger partial charge in [0.2, 0.25) is 5.88 Å². The van der Waals surface area contributed by atoms with Gasteiger partial charge in [-0.25, -0.2) is 4.98 Å². The van der Waals surface area contributed by atoms with E-state index in [9.17, 15) is 0 Å². The molecule has 2 rings (SSSR count). The van der Waals surface area contributed by atoms with Crippen LogP contribution in [0.3, 0.4) is 0 Å². The summed E-state index contributed by atoms with van der Waals surface area (Å²) in [4.78, 5) is 4.35. The molecule has 0 saturated carbocycles. The minimum absolute atomic E-state index is 0.214. The van der Waals surface area contributed by atoms with E-state index in [1.54, 1.807) is 12.3 Å². The summed E-state index contributed by atoms with van der Waals surface area (Å²) in [7, 11) is 0. The maximum atomic E-state index is 5.94. The highest BCUT2D eigenvalue weighted by molar-refractivity contribution is 5.48. The molecule has 1 saturated heterocycles. The van der Waals surface area contributed by atoms with Crippen molar-refractivity contribution >= 4 is 6.08 Å². The highest BCUT2D eigenvalue weighted by atomic mass is 16.5. The largest absolute Gasteiger partial charge is 0.474 e. The van der Waals surface area contributed by atoms with Crippen molar-refractivity contribution in [2.75, 3.05) is 13.1 Å². The summed E-state index contributed by atoms with van der Waals surface area (Å²) in [5.41, 5.74) is 2.10. The van der Waals surface area contributed by atoms with Gasteiger partial charge in [0.1, 0.15) is 6.10 Å². The average Bonchev–Trinajstić information content (AvgIpc) is 2.85. The van der Waals surface area contributed by atoms with Crippen molar-refractivity contribution in [3.63, 3.8) is 0 Å². The minimum Gasteiger partial charge on any atom is -0.474 e. The molecule has 0 spiro atoms. The third-order valence-corrected chi connectivity index (χ3v) is 3.35. The standard InChI is InChI=1S/C14H20N2O/c1-4-12-7-10(2)14(16-8-12)17-11(3)13-5-6-15-9-13/h4,7-8,11,13,15H,1,5-6,9H2,2-3H3. The number of nitrogens with one attached hydrogen (secondary N) is 1. The first kappa shape index (κ1) is 12.1. The fourth-order valence-electron chi connectivity index (χ4n) is 2.17. The molecule has 1 aliphatic rings. The Hall–Kier alpha value is -1.35. The van der Waals surface area contributed by atoms with E-state index in [-0.39, 0.29) is 6.10 Å². The molecule has 3 heteroatoms. The van der Waals surface area contributed by atoms with Crippen LogP contribution in [0.15, 0.2) is 18.8 Å². The summed E-state index contributed by atoms with van der Waals surface area (Å²) in [6.45, 7) is 10.0. The van der Waals surface area contributed by atoms with Gasteiger partial charge in [-0.3, -0.25) is 0 Å². The van der Waals surface area contributed by atoms with Crippen molar-refractivity contribution in [2.45, 2.75) is 26.4 Å². The van der Waals surface area contributed by atoms with E-state index in [1.807, 2.05) is 6.92 Å². The fraction of sp³-hybridized carbons (Fsp3) is 0.500. The highest BCUT2D eigenvalue weighted by Gasteiger charge is 2.23. The number of hydrogen-bond acceptors (Lipinski definition) is 3. The van der Waals surface area contributed by atoms with Crippen molar-refractivity contribution in [1.29, 1.82) is 0 Å². The van der Waals surface area contributed by atoms with Gasteiger partial charge >= 0.3 is 0 Å². The number of aromatic nitrogens is 1. The molecule has 1 N–H and O–H groups in total. The Kier molecular flexibility index (Phi) is 3.79. The second-order valence-corrected chi connectivity index (χ2v) is 4.67. The molecule has 1 aromatic heterocycles. The van der Waals surface area contributed by atoms with Crippen LogP contribution in [0, 0.1) is 12.8 Å². The Balaban J connectivity index is 2.04. The Morgan fingerprint density at radius 3 is 3.06 bits per heavy atom. The molecular weight excluding hydrogens is 212 g/mol. The second kappa shape index (κ2) is 5.32. The Bertz CT molecular complexity index is 397. The minimum atomic E-state index is 0.214. The first-order chi connectivity index (χ1) is 8.20. The molecule has 0 bridgehead atoms. The van der Waals surface area contributed by atoms with Crippen LogP contribution in [0.2, 0.25) is 0 Å². The van der Waals surface area contributed by atoms with Crippen molar-refractivity contribution in [3.05, 3.63) is 30.0 Å². The maximum absolute atomic E-state index is 5.94. The number of rotatable bonds is 4. The Morgan fingerprint density at radius 2 is 2.47 bits per heavy atom. The highest BCUT2D eigenvalue weighted by Crippen LogP contribution is 2.21. The molecule has 2 atom stereocenters. The van der Waals surface area contributed by atoms with Crippen LogP contribution in [-0.4, -0.2) is 24.2 Å². The van der Waals surface area contributed by atoms with Gasteiger partial charge in [-0.05, 0) is 38.4 Å². The van der Waals surface area contributed by atoms with Crippen molar-refractivity contribution in [2.24, 2.45) is 5.92 Å². The molecule has 0 amide bonds. The zero-order chi connectivity index (χ0) is 12.3. The van der Waals surface area contributed by atoms with E-state index < -0.39 is 0 Å². The maximum Gasteiger partial charge on any atom is 0.216 e. The topological polar surface area (TPSA) is 34.1 Å². The first-order valence-electron chi connectivity index (χ1n) is 6.17. The van der Waals surface area contributed by atoms with Crippen molar-refractivity contribution in [3.8, 4) is 5.88 Å². The van der Waals surface area contributed by atoms with E-state index in [0.29, 0.717) is 5.92 Å². The summed E-state index contributed by atoms with van der Waals surface area (Å²) in [6.07, 6.45) is 5.00. The van der Waals surface area contributed by atoms with Gasteiger partial charge in [0.25, 0.3) is 0 Å². The zero-order valence-corrected chi connectivity index (χ0v) is 10.6. The van der Waals surface area contributed by atoms with Crippen molar-refractivity contribution in [1.82, 2.24) is 10.3 Å². The lowest BCUT2D eigenvalue weighted by atomic mass is 10.0. The molecule has 92 valence electrons. The quantitative estimate of drug-likeness (QED) is 0.865. The van der Waals surface area contributed by atoms with Gasteiger partial charge in [0, 0.05) is 24.2 Å². The normalized spacial score (nSPS) is 21.2. The predicted octanol–water partition coefficient (Wildman–Crippen LogP) is 2.41. The zero-order valence-electron chi connectivity index (χ0n) is 10.6. The molecule has 0 aromatic carbocycles. The van der Waals surface area contributed by atoms with Gasteiger partial charge < -0.3 is 10.1 Å². The van der Waals surface area contributed by atoms with Crippen LogP contribution in [-0.2, 0) is 0 Å². The van der Waals surface area contributed by atoms with Crippen LogP contribution < -0.4 is 10.1 Å². The van der Waals surface area contributed by atoms with Crippen LogP contribution in [0.5, 0.6) is 5.88 Å². The monoisotopic (exact) mass is 232 g/mol. The second-order valence-electron chi connectivity index (χ2n) is 4.67. The molecule has 17 heavy (non-hydrogen) atoms. The van der Waals surface area contributed by atoms with E-state index in [4.69, 9.17) is 4.74 Å². The smallest absolute Gasteiger partial charge is 0.216 e. The third kappa shape index (κ3) is 2.86. The lowest BCUT2D eigenvalue weighted by molar-refractivity contribution is 0.153. The third-order valence-electron chi connectivity index (χ3n) is 3.35. The van der Waals surface area contributed by atoms with Gasteiger partial charge in [-0.1, -0.05) is 12.7 Å². The lowest BCUT2D eigenvalue weighted by Crippen LogP contribution is -2.26. The van der Waals surface area contributed by atoms with Gasteiger partial charge in [0.05, 0.1) is 0 Å². The van der Waals surface area contributed by atoms with Crippen LogP contribution >= 0.6 is 0 Å². The van der Waals surface area contributed by atoms with E-state index in [1.165, 1.54) is 6.42 Å². The first-order valence-corrected chi connectivity index (χ1v) is 6.17. The van der Waals surface area contributed by atoms with Crippen LogP contribution in [0.25, 0.3) is 6.08 Å². The number of hydrogen-bond donors (Lipinski definition) is 1. The SMILES string of the molecule is C=Cc1cnc(OC(C)C2CCNC2)c(C)c1. The number of aryl methyl sites for hydroxylation is 1. The molecule has 1 fully saturated rings. The average molecular weight is 232 g/mol. The van der Waals surface area contributed by atoms with Gasteiger partial charge in [-0.2, -0.15) is 0 Å². The van der Waals surface area contributed by atoms with E-state index in [2.05, 4.69) is 29.9 Å². The van der Waals surface area contributed by atoms with Gasteiger partial charge in [-0.15, -0.1) is 0 Å².